The van der Waals surface area contributed by atoms with Gasteiger partial charge in [0.25, 0.3) is 0 Å². The lowest BCUT2D eigenvalue weighted by Gasteiger charge is -2.03. The molecule has 0 saturated heterocycles. The molecule has 0 fully saturated rings. The number of hydrogen-bond donors (Lipinski definition) is 0. The number of hydrogen-bond acceptors (Lipinski definition) is 1. The second-order valence-corrected chi connectivity index (χ2v) is 3.98. The number of carbonyl (C=O) groups is 1. The number of rotatable bonds is 3. The molecule has 1 aromatic carbocycles. The molecule has 0 aliphatic heterocycles. The van der Waals surface area contributed by atoms with Gasteiger partial charge in [-0.25, -0.2) is 0 Å². The van der Waals surface area contributed by atoms with E-state index in [1.165, 1.54) is 0 Å². The first-order valence-electron chi connectivity index (χ1n) is 4.97. The van der Waals surface area contributed by atoms with E-state index in [9.17, 15) is 4.79 Å². The molecule has 1 aromatic heterocycles. The van der Waals surface area contributed by atoms with Crippen LogP contribution in [0.25, 0.3) is 10.9 Å². The van der Waals surface area contributed by atoms with Crippen LogP contribution in [0, 0.1) is 0 Å². The summed E-state index contributed by atoms with van der Waals surface area (Å²) in [7, 11) is 0. The number of Topliss-reactive ketones (excluding diaryl/α,β-unsaturated/α-hetero) is 1. The Morgan fingerprint density at radius 3 is 2.93 bits per heavy atom. The highest BCUT2D eigenvalue weighted by Gasteiger charge is 2.04. The van der Waals surface area contributed by atoms with Crippen LogP contribution in [-0.2, 0) is 11.3 Å². The largest absolute Gasteiger partial charge is 0.340 e. The van der Waals surface area contributed by atoms with E-state index in [0.717, 1.165) is 15.9 Å². The van der Waals surface area contributed by atoms with Crippen molar-refractivity contribution in [2.75, 3.05) is 0 Å². The quantitative estimate of drug-likeness (QED) is 0.780. The highest BCUT2D eigenvalue weighted by molar-refractivity contribution is 6.31. The van der Waals surface area contributed by atoms with E-state index in [0.29, 0.717) is 13.0 Å². The van der Waals surface area contributed by atoms with E-state index in [1.807, 2.05) is 42.0 Å². The summed E-state index contributed by atoms with van der Waals surface area (Å²) in [6.45, 7) is 2.33. The monoisotopic (exact) mass is 221 g/mol. The van der Waals surface area contributed by atoms with Gasteiger partial charge in [0.05, 0.1) is 6.54 Å². The molecule has 0 unspecified atom stereocenters. The molecule has 0 N–H and O–H groups in total. The number of nitrogens with zero attached hydrogens (tertiary/aromatic N) is 1. The van der Waals surface area contributed by atoms with Crippen LogP contribution in [0.1, 0.15) is 13.3 Å². The Labute approximate surface area is 93.5 Å². The molecular formula is C12H12ClNO. The smallest absolute Gasteiger partial charge is 0.152 e. The maximum absolute atomic E-state index is 11.3. The van der Waals surface area contributed by atoms with Crippen LogP contribution in [0.2, 0.25) is 5.02 Å². The number of fused-ring (bicyclic) bond motifs is 1. The molecule has 2 nitrogen and oxygen atoms in total. The molecule has 0 radical (unpaired) electrons. The van der Waals surface area contributed by atoms with Crippen LogP contribution in [0.5, 0.6) is 0 Å². The zero-order valence-electron chi connectivity index (χ0n) is 8.53. The fraction of sp³-hybridized carbons (Fsp3) is 0.250. The first kappa shape index (κ1) is 10.2. The number of benzene rings is 1. The lowest BCUT2D eigenvalue weighted by Crippen LogP contribution is -2.07. The molecule has 0 amide bonds. The summed E-state index contributed by atoms with van der Waals surface area (Å²) in [6.07, 6.45) is 2.50. The number of halogens is 1. The van der Waals surface area contributed by atoms with Crippen molar-refractivity contribution in [3.8, 4) is 0 Å². The van der Waals surface area contributed by atoms with Crippen molar-refractivity contribution in [1.82, 2.24) is 4.57 Å². The van der Waals surface area contributed by atoms with Crippen LogP contribution in [0.15, 0.2) is 30.5 Å². The number of carbonyl (C=O) groups excluding carboxylic acids is 1. The van der Waals surface area contributed by atoms with E-state index in [2.05, 4.69) is 0 Å². The molecule has 0 spiro atoms. The maximum Gasteiger partial charge on any atom is 0.152 e. The Morgan fingerprint density at radius 2 is 2.20 bits per heavy atom. The summed E-state index contributed by atoms with van der Waals surface area (Å²) in [5.74, 6) is 0.238. The first-order chi connectivity index (χ1) is 7.20. The van der Waals surface area contributed by atoms with Gasteiger partial charge in [0.15, 0.2) is 5.78 Å². The van der Waals surface area contributed by atoms with Gasteiger partial charge >= 0.3 is 0 Å². The third-order valence-corrected chi connectivity index (χ3v) is 2.71. The lowest BCUT2D eigenvalue weighted by molar-refractivity contribution is -0.119. The van der Waals surface area contributed by atoms with Gasteiger partial charge in [0.1, 0.15) is 0 Å². The standard InChI is InChI=1S/C12H12ClNO/c1-2-11(15)8-14-6-5-9-7-10(13)3-4-12(9)14/h3-7H,2,8H2,1H3. The fourth-order valence-electron chi connectivity index (χ4n) is 1.61. The Bertz CT molecular complexity index is 501. The molecule has 2 rings (SSSR count). The van der Waals surface area contributed by atoms with Crippen molar-refractivity contribution in [2.24, 2.45) is 0 Å². The van der Waals surface area contributed by atoms with Crippen molar-refractivity contribution in [3.05, 3.63) is 35.5 Å². The molecule has 2 aromatic rings. The summed E-state index contributed by atoms with van der Waals surface area (Å²) in [5.41, 5.74) is 1.06. The predicted molar refractivity (Wildman–Crippen MR) is 62.2 cm³/mol. The lowest BCUT2D eigenvalue weighted by atomic mass is 10.2. The number of ketones is 1. The Morgan fingerprint density at radius 1 is 1.40 bits per heavy atom. The Balaban J connectivity index is 2.41. The van der Waals surface area contributed by atoms with Gasteiger partial charge in [-0.05, 0) is 24.3 Å². The van der Waals surface area contributed by atoms with Gasteiger partial charge in [-0.2, -0.15) is 0 Å². The SMILES string of the molecule is CCC(=O)Cn1ccc2cc(Cl)ccc21. The van der Waals surface area contributed by atoms with E-state index < -0.39 is 0 Å². The zero-order chi connectivity index (χ0) is 10.8. The van der Waals surface area contributed by atoms with Crippen LogP contribution >= 0.6 is 11.6 Å². The average Bonchev–Trinajstić information content (AvgIpc) is 2.60. The van der Waals surface area contributed by atoms with E-state index in [-0.39, 0.29) is 5.78 Å². The third kappa shape index (κ3) is 2.05. The number of aromatic nitrogens is 1. The van der Waals surface area contributed by atoms with Crippen molar-refractivity contribution in [1.29, 1.82) is 0 Å². The molecular weight excluding hydrogens is 210 g/mol. The molecule has 0 aliphatic rings. The van der Waals surface area contributed by atoms with Crippen LogP contribution in [0.4, 0.5) is 0 Å². The Hall–Kier alpha value is -1.28. The van der Waals surface area contributed by atoms with Crippen molar-refractivity contribution < 1.29 is 4.79 Å². The second kappa shape index (κ2) is 4.07. The minimum atomic E-state index is 0.238. The van der Waals surface area contributed by atoms with Gasteiger partial charge < -0.3 is 4.57 Å². The molecule has 0 atom stereocenters. The highest BCUT2D eigenvalue weighted by atomic mass is 35.5. The van der Waals surface area contributed by atoms with Crippen LogP contribution in [-0.4, -0.2) is 10.4 Å². The van der Waals surface area contributed by atoms with Crippen LogP contribution in [0.3, 0.4) is 0 Å². The zero-order valence-corrected chi connectivity index (χ0v) is 9.29. The molecule has 15 heavy (non-hydrogen) atoms. The first-order valence-corrected chi connectivity index (χ1v) is 5.34. The second-order valence-electron chi connectivity index (χ2n) is 3.54. The van der Waals surface area contributed by atoms with Crippen molar-refractivity contribution >= 4 is 28.3 Å². The summed E-state index contributed by atoms with van der Waals surface area (Å²) < 4.78 is 1.96. The van der Waals surface area contributed by atoms with Gasteiger partial charge in [-0.3, -0.25) is 4.79 Å². The maximum atomic E-state index is 11.3. The summed E-state index contributed by atoms with van der Waals surface area (Å²) in [6, 6.07) is 7.67. The minimum Gasteiger partial charge on any atom is -0.340 e. The summed E-state index contributed by atoms with van der Waals surface area (Å²) in [5, 5.41) is 1.80. The third-order valence-electron chi connectivity index (χ3n) is 2.47. The van der Waals surface area contributed by atoms with Gasteiger partial charge in [0.2, 0.25) is 0 Å². The van der Waals surface area contributed by atoms with Crippen molar-refractivity contribution in [3.63, 3.8) is 0 Å². The van der Waals surface area contributed by atoms with E-state index in [4.69, 9.17) is 11.6 Å². The van der Waals surface area contributed by atoms with Crippen molar-refractivity contribution in [2.45, 2.75) is 19.9 Å². The highest BCUT2D eigenvalue weighted by Crippen LogP contribution is 2.20. The topological polar surface area (TPSA) is 22.0 Å². The van der Waals surface area contributed by atoms with Gasteiger partial charge in [0, 0.05) is 28.5 Å². The Kier molecular flexibility index (Phi) is 2.78. The normalized spacial score (nSPS) is 10.8. The van der Waals surface area contributed by atoms with E-state index in [1.54, 1.807) is 0 Å². The molecule has 0 bridgehead atoms. The summed E-state index contributed by atoms with van der Waals surface area (Å²) >= 11 is 5.88. The predicted octanol–water partition coefficient (Wildman–Crippen LogP) is 3.27. The molecule has 78 valence electrons. The van der Waals surface area contributed by atoms with E-state index >= 15 is 0 Å². The van der Waals surface area contributed by atoms with Gasteiger partial charge in [-0.15, -0.1) is 0 Å². The minimum absolute atomic E-state index is 0.238. The van der Waals surface area contributed by atoms with Crippen LogP contribution < -0.4 is 0 Å². The molecule has 3 heteroatoms. The summed E-state index contributed by atoms with van der Waals surface area (Å²) in [4.78, 5) is 11.3. The average molecular weight is 222 g/mol. The molecule has 0 aliphatic carbocycles. The fourth-order valence-corrected chi connectivity index (χ4v) is 1.79. The molecule has 0 saturated carbocycles. The van der Waals surface area contributed by atoms with Gasteiger partial charge in [-0.1, -0.05) is 18.5 Å². The molecule has 1 heterocycles.